The van der Waals surface area contributed by atoms with Crippen molar-refractivity contribution in [1.82, 2.24) is 4.98 Å². The summed E-state index contributed by atoms with van der Waals surface area (Å²) in [6.07, 6.45) is 0. The Morgan fingerprint density at radius 3 is 2.69 bits per heavy atom. The second-order valence-corrected chi connectivity index (χ2v) is 4.59. The van der Waals surface area contributed by atoms with Crippen LogP contribution in [0.4, 0.5) is 5.69 Å². The monoisotopic (exact) mass is 234 g/mol. The first-order valence-corrected chi connectivity index (χ1v) is 6.05. The van der Waals surface area contributed by atoms with E-state index in [1.807, 2.05) is 38.1 Å². The van der Waals surface area contributed by atoms with Gasteiger partial charge in [-0.15, -0.1) is 11.8 Å². The van der Waals surface area contributed by atoms with Gasteiger partial charge in [0.15, 0.2) is 0 Å². The van der Waals surface area contributed by atoms with Gasteiger partial charge in [-0.25, -0.2) is 4.98 Å². The molecule has 0 bridgehead atoms. The lowest BCUT2D eigenvalue weighted by Gasteiger charge is -2.02. The van der Waals surface area contributed by atoms with E-state index in [9.17, 15) is 0 Å². The molecule has 0 radical (unpaired) electrons. The maximum Gasteiger partial charge on any atom is 0.204 e. The van der Waals surface area contributed by atoms with Crippen molar-refractivity contribution in [1.29, 1.82) is 0 Å². The maximum absolute atomic E-state index is 5.85. The first kappa shape index (κ1) is 11.1. The van der Waals surface area contributed by atoms with Gasteiger partial charge in [-0.05, 0) is 26.0 Å². The van der Waals surface area contributed by atoms with Crippen LogP contribution in [-0.4, -0.2) is 4.98 Å². The van der Waals surface area contributed by atoms with Crippen molar-refractivity contribution in [3.63, 3.8) is 0 Å². The van der Waals surface area contributed by atoms with E-state index in [1.54, 1.807) is 11.8 Å². The fourth-order valence-corrected chi connectivity index (χ4v) is 2.16. The zero-order chi connectivity index (χ0) is 11.5. The van der Waals surface area contributed by atoms with Gasteiger partial charge < -0.3 is 10.2 Å². The van der Waals surface area contributed by atoms with Gasteiger partial charge in [0.2, 0.25) is 5.89 Å². The highest BCUT2D eigenvalue weighted by Gasteiger charge is 2.06. The number of benzene rings is 1. The molecule has 1 aromatic carbocycles. The lowest BCUT2D eigenvalue weighted by Crippen LogP contribution is -1.88. The molecule has 2 N–H and O–H groups in total. The van der Waals surface area contributed by atoms with Crippen LogP contribution in [-0.2, 0) is 5.75 Å². The quantitative estimate of drug-likeness (QED) is 0.654. The van der Waals surface area contributed by atoms with E-state index in [0.717, 1.165) is 27.9 Å². The average Bonchev–Trinajstić information content (AvgIpc) is 2.57. The third-order valence-corrected chi connectivity index (χ3v) is 3.42. The van der Waals surface area contributed by atoms with Crippen LogP contribution in [0.15, 0.2) is 33.6 Å². The molecule has 1 heterocycles. The highest BCUT2D eigenvalue weighted by atomic mass is 32.2. The molecule has 4 heteroatoms. The minimum atomic E-state index is 0.711. The standard InChI is InChI=1S/C12H14N2OS/c1-8-9(2)15-12(14-8)7-16-11-6-4-3-5-10(11)13/h3-6H,7,13H2,1-2H3. The number of oxazole rings is 1. The van der Waals surface area contributed by atoms with Crippen molar-refractivity contribution in [3.8, 4) is 0 Å². The molecule has 16 heavy (non-hydrogen) atoms. The molecule has 0 aliphatic rings. The number of anilines is 1. The predicted molar refractivity (Wildman–Crippen MR) is 66.4 cm³/mol. The molecule has 1 aromatic heterocycles. The number of hydrogen-bond acceptors (Lipinski definition) is 4. The Balaban J connectivity index is 2.05. The zero-order valence-electron chi connectivity index (χ0n) is 9.36. The van der Waals surface area contributed by atoms with Crippen molar-refractivity contribution in [2.45, 2.75) is 24.5 Å². The van der Waals surface area contributed by atoms with Crippen LogP contribution in [0.5, 0.6) is 0 Å². The second kappa shape index (κ2) is 4.61. The summed E-state index contributed by atoms with van der Waals surface area (Å²) in [6, 6.07) is 7.81. The van der Waals surface area contributed by atoms with Crippen molar-refractivity contribution in [2.75, 3.05) is 5.73 Å². The lowest BCUT2D eigenvalue weighted by molar-refractivity contribution is 0.489. The van der Waals surface area contributed by atoms with E-state index in [4.69, 9.17) is 10.2 Å². The molecule has 84 valence electrons. The van der Waals surface area contributed by atoms with Gasteiger partial charge in [0, 0.05) is 10.6 Å². The van der Waals surface area contributed by atoms with Crippen molar-refractivity contribution < 1.29 is 4.42 Å². The summed E-state index contributed by atoms with van der Waals surface area (Å²) in [5.74, 6) is 2.35. The van der Waals surface area contributed by atoms with E-state index in [2.05, 4.69) is 4.98 Å². The molecule has 0 saturated heterocycles. The van der Waals surface area contributed by atoms with Crippen LogP contribution < -0.4 is 5.73 Å². The number of para-hydroxylation sites is 1. The molecule has 0 spiro atoms. The van der Waals surface area contributed by atoms with E-state index in [0.29, 0.717) is 5.75 Å². The maximum atomic E-state index is 5.85. The number of aromatic nitrogens is 1. The fourth-order valence-electron chi connectivity index (χ4n) is 1.35. The number of nitrogens with zero attached hydrogens (tertiary/aromatic N) is 1. The molecular weight excluding hydrogens is 220 g/mol. The zero-order valence-corrected chi connectivity index (χ0v) is 10.2. The summed E-state index contributed by atoms with van der Waals surface area (Å²) in [4.78, 5) is 5.39. The van der Waals surface area contributed by atoms with Gasteiger partial charge in [-0.1, -0.05) is 12.1 Å². The Labute approximate surface area is 99.1 Å². The van der Waals surface area contributed by atoms with Crippen LogP contribution in [0.1, 0.15) is 17.3 Å². The highest BCUT2D eigenvalue weighted by Crippen LogP contribution is 2.27. The van der Waals surface area contributed by atoms with Gasteiger partial charge in [0.25, 0.3) is 0 Å². The summed E-state index contributed by atoms with van der Waals surface area (Å²) in [5.41, 5.74) is 7.60. The third kappa shape index (κ3) is 2.39. The van der Waals surface area contributed by atoms with Gasteiger partial charge in [-0.2, -0.15) is 0 Å². The highest BCUT2D eigenvalue weighted by molar-refractivity contribution is 7.98. The Hall–Kier alpha value is -1.42. The molecule has 0 unspecified atom stereocenters. The number of nitrogens with two attached hydrogens (primary N) is 1. The molecule has 2 rings (SSSR count). The first-order chi connectivity index (χ1) is 7.66. The van der Waals surface area contributed by atoms with E-state index in [-0.39, 0.29) is 0 Å². The Bertz CT molecular complexity index is 474. The minimum absolute atomic E-state index is 0.711. The van der Waals surface area contributed by atoms with Crippen LogP contribution in [0, 0.1) is 13.8 Å². The van der Waals surface area contributed by atoms with Crippen LogP contribution in [0.2, 0.25) is 0 Å². The number of rotatable bonds is 3. The third-order valence-electron chi connectivity index (χ3n) is 2.34. The number of nitrogen functional groups attached to an aromatic ring is 1. The predicted octanol–water partition coefficient (Wildman–Crippen LogP) is 3.17. The fraction of sp³-hybridized carbons (Fsp3) is 0.250. The molecule has 0 aliphatic heterocycles. The van der Waals surface area contributed by atoms with E-state index in [1.165, 1.54) is 0 Å². The van der Waals surface area contributed by atoms with Crippen LogP contribution in [0.25, 0.3) is 0 Å². The minimum Gasteiger partial charge on any atom is -0.445 e. The van der Waals surface area contributed by atoms with Crippen molar-refractivity contribution in [2.24, 2.45) is 0 Å². The van der Waals surface area contributed by atoms with Gasteiger partial charge >= 0.3 is 0 Å². The number of aryl methyl sites for hydroxylation is 2. The average molecular weight is 234 g/mol. The Morgan fingerprint density at radius 2 is 2.06 bits per heavy atom. The SMILES string of the molecule is Cc1nc(CSc2ccccc2N)oc1C. The van der Waals surface area contributed by atoms with Gasteiger partial charge in [0.05, 0.1) is 11.4 Å². The van der Waals surface area contributed by atoms with Crippen molar-refractivity contribution >= 4 is 17.4 Å². The van der Waals surface area contributed by atoms with Crippen LogP contribution in [0.3, 0.4) is 0 Å². The van der Waals surface area contributed by atoms with Gasteiger partial charge in [-0.3, -0.25) is 0 Å². The summed E-state index contributed by atoms with van der Waals surface area (Å²) in [7, 11) is 0. The molecule has 0 fully saturated rings. The molecule has 2 aromatic rings. The smallest absolute Gasteiger partial charge is 0.204 e. The summed E-state index contributed by atoms with van der Waals surface area (Å²) in [6.45, 7) is 3.87. The van der Waals surface area contributed by atoms with Gasteiger partial charge in [0.1, 0.15) is 5.76 Å². The summed E-state index contributed by atoms with van der Waals surface area (Å²) < 4.78 is 5.50. The molecule has 0 aliphatic carbocycles. The molecule has 3 nitrogen and oxygen atoms in total. The second-order valence-electron chi connectivity index (χ2n) is 3.58. The molecule has 0 atom stereocenters. The molecular formula is C12H14N2OS. The molecule has 0 saturated carbocycles. The normalized spacial score (nSPS) is 10.6. The largest absolute Gasteiger partial charge is 0.445 e. The van der Waals surface area contributed by atoms with Crippen molar-refractivity contribution in [3.05, 3.63) is 41.6 Å². The van der Waals surface area contributed by atoms with E-state index < -0.39 is 0 Å². The topological polar surface area (TPSA) is 52.0 Å². The van der Waals surface area contributed by atoms with Crippen LogP contribution >= 0.6 is 11.8 Å². The lowest BCUT2D eigenvalue weighted by atomic mass is 10.3. The molecule has 0 amide bonds. The Morgan fingerprint density at radius 1 is 1.31 bits per heavy atom. The number of hydrogen-bond donors (Lipinski definition) is 1. The number of thioether (sulfide) groups is 1. The Kier molecular flexibility index (Phi) is 3.19. The summed E-state index contributed by atoms with van der Waals surface area (Å²) >= 11 is 1.64. The first-order valence-electron chi connectivity index (χ1n) is 5.07. The summed E-state index contributed by atoms with van der Waals surface area (Å²) in [5, 5.41) is 0. The van der Waals surface area contributed by atoms with E-state index >= 15 is 0 Å².